The number of rotatable bonds is 10. The van der Waals surface area contributed by atoms with Crippen molar-refractivity contribution < 1.29 is 13.2 Å². The molecule has 0 amide bonds. The van der Waals surface area contributed by atoms with E-state index in [9.17, 15) is 8.42 Å². The van der Waals surface area contributed by atoms with Crippen molar-refractivity contribution in [2.75, 3.05) is 33.5 Å². The van der Waals surface area contributed by atoms with Crippen molar-refractivity contribution in [3.8, 4) is 5.75 Å². The van der Waals surface area contributed by atoms with E-state index >= 15 is 0 Å². The van der Waals surface area contributed by atoms with Gasteiger partial charge in [-0.3, -0.25) is 0 Å². The van der Waals surface area contributed by atoms with E-state index in [1.54, 1.807) is 0 Å². The van der Waals surface area contributed by atoms with Gasteiger partial charge in [0.1, 0.15) is 5.75 Å². The number of hydrogen-bond acceptors (Lipinski definition) is 4. The fourth-order valence-electron chi connectivity index (χ4n) is 2.17. The van der Waals surface area contributed by atoms with E-state index in [2.05, 4.69) is 13.8 Å². The van der Waals surface area contributed by atoms with Crippen LogP contribution >= 0.6 is 0 Å². The molecule has 6 heteroatoms. The van der Waals surface area contributed by atoms with Gasteiger partial charge in [0.2, 0.25) is 10.0 Å². The van der Waals surface area contributed by atoms with Crippen molar-refractivity contribution >= 4 is 10.0 Å². The number of ether oxygens (including phenoxy) is 1. The van der Waals surface area contributed by atoms with Gasteiger partial charge in [-0.25, -0.2) is 8.42 Å². The molecule has 1 aromatic carbocycles. The van der Waals surface area contributed by atoms with Crippen LogP contribution in [0.5, 0.6) is 5.75 Å². The molecule has 0 saturated heterocycles. The minimum Gasteiger partial charge on any atom is -0.494 e. The summed E-state index contributed by atoms with van der Waals surface area (Å²) in [6.45, 7) is 9.91. The molecular weight excluding hydrogens is 336 g/mol. The highest BCUT2D eigenvalue weighted by Gasteiger charge is 2.28. The minimum atomic E-state index is -3.29. The van der Waals surface area contributed by atoms with Crippen molar-refractivity contribution in [2.45, 2.75) is 46.2 Å². The molecule has 0 fully saturated rings. The lowest BCUT2D eigenvalue weighted by Crippen LogP contribution is -2.49. The molecule has 1 rings (SSSR count). The third-order valence-electron chi connectivity index (χ3n) is 4.49. The molecule has 0 aliphatic rings. The molecule has 0 N–H and O–H groups in total. The second-order valence-corrected chi connectivity index (χ2v) is 9.90. The van der Waals surface area contributed by atoms with Gasteiger partial charge in [0.15, 0.2) is 0 Å². The summed E-state index contributed by atoms with van der Waals surface area (Å²) in [4.78, 5) is 2.04. The lowest BCUT2D eigenvalue weighted by molar-refractivity contribution is 0.156. The molecule has 0 bridgehead atoms. The molecular formula is C19H34N2O3S. The zero-order valence-electron chi connectivity index (χ0n) is 16.7. The molecule has 144 valence electrons. The fourth-order valence-corrected chi connectivity index (χ4v) is 3.10. The van der Waals surface area contributed by atoms with E-state index in [4.69, 9.17) is 4.74 Å². The summed E-state index contributed by atoms with van der Waals surface area (Å²) in [7, 11) is 0.636. The summed E-state index contributed by atoms with van der Waals surface area (Å²) in [5, 5.41) is 0. The summed E-state index contributed by atoms with van der Waals surface area (Å²) < 4.78 is 31.6. The van der Waals surface area contributed by atoms with E-state index in [0.29, 0.717) is 25.6 Å². The Bertz CT molecular complexity index is 623. The molecule has 0 aromatic heterocycles. The lowest BCUT2D eigenvalue weighted by Gasteiger charge is -2.36. The van der Waals surface area contributed by atoms with Crippen molar-refractivity contribution in [1.29, 1.82) is 0 Å². The molecule has 1 aromatic rings. The molecule has 25 heavy (non-hydrogen) atoms. The summed E-state index contributed by atoms with van der Waals surface area (Å²) in [5.74, 6) is 1.44. The normalized spacial score (nSPS) is 13.0. The van der Waals surface area contributed by atoms with Gasteiger partial charge in [0.05, 0.1) is 12.9 Å². The number of nitrogens with zero attached hydrogens (tertiary/aromatic N) is 2. The zero-order valence-corrected chi connectivity index (χ0v) is 17.6. The van der Waals surface area contributed by atoms with E-state index in [1.807, 2.05) is 57.1 Å². The smallest absolute Gasteiger partial charge is 0.211 e. The van der Waals surface area contributed by atoms with Crippen LogP contribution in [0.3, 0.4) is 0 Å². The Kier molecular flexibility index (Phi) is 7.90. The van der Waals surface area contributed by atoms with Crippen LogP contribution in [0.2, 0.25) is 0 Å². The number of sulfonamides is 1. The monoisotopic (exact) mass is 370 g/mol. The largest absolute Gasteiger partial charge is 0.494 e. The molecule has 0 aliphatic heterocycles. The number of benzene rings is 1. The van der Waals surface area contributed by atoms with Crippen LogP contribution in [0.25, 0.3) is 0 Å². The number of likely N-dealkylation sites (N-methyl/N-ethyl adjacent to an activating group) is 1. The summed E-state index contributed by atoms with van der Waals surface area (Å²) in [6.07, 6.45) is 2.28. The third kappa shape index (κ3) is 7.75. The van der Waals surface area contributed by atoms with Gasteiger partial charge in [0, 0.05) is 18.6 Å². The van der Waals surface area contributed by atoms with Crippen LogP contribution in [-0.4, -0.2) is 56.7 Å². The topological polar surface area (TPSA) is 49.9 Å². The first-order valence-electron chi connectivity index (χ1n) is 8.76. The standard InChI is InChI=1S/C19H34N2O3S/c1-16(2)12-13-24-18-10-8-17(9-11-18)14-21(25(7,22)23)15-19(3,4)20(5)6/h8-11,16H,12-15H2,1-7H3. The quantitative estimate of drug-likeness (QED) is 0.634. The van der Waals surface area contributed by atoms with Crippen molar-refractivity contribution in [2.24, 2.45) is 5.92 Å². The molecule has 0 saturated carbocycles. The first-order chi connectivity index (χ1) is 11.4. The first kappa shape index (κ1) is 21.9. The maximum atomic E-state index is 12.2. The predicted molar refractivity (Wildman–Crippen MR) is 104 cm³/mol. The molecule has 0 radical (unpaired) electrons. The fraction of sp³-hybridized carbons (Fsp3) is 0.684. The van der Waals surface area contributed by atoms with Crippen LogP contribution in [0, 0.1) is 5.92 Å². The Morgan fingerprint density at radius 1 is 1.12 bits per heavy atom. The molecule has 5 nitrogen and oxygen atoms in total. The Morgan fingerprint density at radius 2 is 1.68 bits per heavy atom. The minimum absolute atomic E-state index is 0.247. The van der Waals surface area contributed by atoms with Crippen molar-refractivity contribution in [3.63, 3.8) is 0 Å². The summed E-state index contributed by atoms with van der Waals surface area (Å²) in [5.41, 5.74) is 0.708. The molecule has 0 spiro atoms. The van der Waals surface area contributed by atoms with Crippen molar-refractivity contribution in [3.05, 3.63) is 29.8 Å². The second kappa shape index (κ2) is 9.01. The molecule has 0 unspecified atom stereocenters. The highest BCUT2D eigenvalue weighted by atomic mass is 32.2. The van der Waals surface area contributed by atoms with E-state index in [0.717, 1.165) is 17.7 Å². The van der Waals surface area contributed by atoms with Gasteiger partial charge in [-0.1, -0.05) is 26.0 Å². The van der Waals surface area contributed by atoms with Crippen molar-refractivity contribution in [1.82, 2.24) is 9.21 Å². The summed E-state index contributed by atoms with van der Waals surface area (Å²) in [6, 6.07) is 7.69. The van der Waals surface area contributed by atoms with Crippen LogP contribution in [0.1, 0.15) is 39.7 Å². The second-order valence-electron chi connectivity index (χ2n) is 7.91. The van der Waals surface area contributed by atoms with Gasteiger partial charge >= 0.3 is 0 Å². The molecule has 0 heterocycles. The van der Waals surface area contributed by atoms with E-state index < -0.39 is 10.0 Å². The lowest BCUT2D eigenvalue weighted by atomic mass is 10.0. The Labute approximate surface area is 154 Å². The van der Waals surface area contributed by atoms with Gasteiger partial charge in [-0.2, -0.15) is 4.31 Å². The third-order valence-corrected chi connectivity index (χ3v) is 5.69. The maximum Gasteiger partial charge on any atom is 0.211 e. The highest BCUT2D eigenvalue weighted by Crippen LogP contribution is 2.19. The SMILES string of the molecule is CC(C)CCOc1ccc(CN(CC(C)(C)N(C)C)S(C)(=O)=O)cc1. The van der Waals surface area contributed by atoms with Gasteiger partial charge in [-0.15, -0.1) is 0 Å². The summed E-state index contributed by atoms with van der Waals surface area (Å²) >= 11 is 0. The predicted octanol–water partition coefficient (Wildman–Crippen LogP) is 3.21. The number of hydrogen-bond donors (Lipinski definition) is 0. The van der Waals surface area contributed by atoms with Crippen LogP contribution in [0.15, 0.2) is 24.3 Å². The van der Waals surface area contributed by atoms with Gasteiger partial charge < -0.3 is 9.64 Å². The Hall–Kier alpha value is -1.11. The van der Waals surface area contributed by atoms with Gasteiger partial charge in [-0.05, 0) is 58.0 Å². The highest BCUT2D eigenvalue weighted by molar-refractivity contribution is 7.88. The van der Waals surface area contributed by atoms with Crippen LogP contribution in [-0.2, 0) is 16.6 Å². The molecule has 0 aliphatic carbocycles. The maximum absolute atomic E-state index is 12.2. The van der Waals surface area contributed by atoms with Crippen LogP contribution < -0.4 is 4.74 Å². The first-order valence-corrected chi connectivity index (χ1v) is 10.6. The average molecular weight is 371 g/mol. The Morgan fingerprint density at radius 3 is 2.12 bits per heavy atom. The Balaban J connectivity index is 2.78. The van der Waals surface area contributed by atoms with E-state index in [1.165, 1.54) is 10.6 Å². The van der Waals surface area contributed by atoms with E-state index in [-0.39, 0.29) is 5.54 Å². The zero-order chi connectivity index (χ0) is 19.3. The average Bonchev–Trinajstić information content (AvgIpc) is 2.46. The molecule has 0 atom stereocenters. The van der Waals surface area contributed by atoms with Gasteiger partial charge in [0.25, 0.3) is 0 Å². The van der Waals surface area contributed by atoms with Crippen LogP contribution in [0.4, 0.5) is 0 Å².